The Bertz CT molecular complexity index is 1250. The molecule has 180 valence electrons. The van der Waals surface area contributed by atoms with Gasteiger partial charge in [-0.2, -0.15) is 10.4 Å². The molecule has 2 aromatic heterocycles. The topological polar surface area (TPSA) is 126 Å². The lowest BCUT2D eigenvalue weighted by atomic mass is 9.85. The van der Waals surface area contributed by atoms with E-state index in [1.807, 2.05) is 24.6 Å². The lowest BCUT2D eigenvalue weighted by Gasteiger charge is -2.43. The number of likely N-dealkylation sites (tertiary alicyclic amines) is 1. The van der Waals surface area contributed by atoms with E-state index in [1.54, 1.807) is 13.8 Å². The van der Waals surface area contributed by atoms with Crippen molar-refractivity contribution in [3.05, 3.63) is 39.8 Å². The van der Waals surface area contributed by atoms with Crippen molar-refractivity contribution < 1.29 is 9.84 Å². The summed E-state index contributed by atoms with van der Waals surface area (Å²) >= 11 is 6.59. The fraction of sp³-hybridized carbons (Fsp3) is 0.500. The van der Waals surface area contributed by atoms with Gasteiger partial charge in [0.2, 0.25) is 0 Å². The fourth-order valence-corrected chi connectivity index (χ4v) is 5.01. The van der Waals surface area contributed by atoms with Crippen molar-refractivity contribution in [1.82, 2.24) is 24.6 Å². The van der Waals surface area contributed by atoms with Crippen LogP contribution in [0.15, 0.2) is 12.4 Å². The van der Waals surface area contributed by atoms with Crippen LogP contribution in [0.1, 0.15) is 49.1 Å². The summed E-state index contributed by atoms with van der Waals surface area (Å²) in [4.78, 5) is 10.6. The number of benzene rings is 1. The fourth-order valence-electron chi connectivity index (χ4n) is 4.73. The van der Waals surface area contributed by atoms with Gasteiger partial charge >= 0.3 is 0 Å². The summed E-state index contributed by atoms with van der Waals surface area (Å²) in [7, 11) is 0. The summed E-state index contributed by atoms with van der Waals surface area (Å²) in [6.07, 6.45) is 2.03. The third kappa shape index (κ3) is 4.67. The van der Waals surface area contributed by atoms with E-state index in [4.69, 9.17) is 22.1 Å². The zero-order chi connectivity index (χ0) is 24.6. The van der Waals surface area contributed by atoms with Gasteiger partial charge in [0.15, 0.2) is 5.65 Å². The van der Waals surface area contributed by atoms with Gasteiger partial charge in [0, 0.05) is 37.7 Å². The van der Waals surface area contributed by atoms with Crippen LogP contribution in [0.2, 0.25) is 5.02 Å². The normalized spacial score (nSPS) is 14.9. The molecule has 3 heterocycles. The maximum Gasteiger partial charge on any atom is 0.163 e. The molecular weight excluding hydrogens is 454 g/mol. The Hall–Kier alpha value is -2.93. The highest BCUT2D eigenvalue weighted by Crippen LogP contribution is 2.42. The predicted molar refractivity (Wildman–Crippen MR) is 131 cm³/mol. The number of aliphatic hydroxyl groups is 1. The minimum absolute atomic E-state index is 0.108. The summed E-state index contributed by atoms with van der Waals surface area (Å²) in [5.41, 5.74) is 8.95. The smallest absolute Gasteiger partial charge is 0.163 e. The maximum atomic E-state index is 10.1. The van der Waals surface area contributed by atoms with Gasteiger partial charge in [0.25, 0.3) is 0 Å². The van der Waals surface area contributed by atoms with E-state index in [1.165, 1.54) is 6.33 Å². The number of β-amino-alcohol motifs (C(OH)–C–C–N with tert-alkyl or cyclic N) is 1. The van der Waals surface area contributed by atoms with Crippen molar-refractivity contribution in [2.45, 2.75) is 52.2 Å². The molecule has 1 aromatic carbocycles. The highest BCUT2D eigenvalue weighted by atomic mass is 35.5. The Labute approximate surface area is 204 Å². The van der Waals surface area contributed by atoms with E-state index in [2.05, 4.69) is 26.0 Å². The highest BCUT2D eigenvalue weighted by molar-refractivity contribution is 6.32. The average molecular weight is 484 g/mol. The van der Waals surface area contributed by atoms with E-state index >= 15 is 0 Å². The van der Waals surface area contributed by atoms with Gasteiger partial charge < -0.3 is 15.6 Å². The number of hydrogen-bond donors (Lipinski definition) is 2. The third-order valence-corrected chi connectivity index (χ3v) is 6.35. The number of fused-ring (bicyclic) bond motifs is 1. The summed E-state index contributed by atoms with van der Waals surface area (Å²) in [5.74, 6) is 1.24. The molecular formula is C24H30ClN7O2. The van der Waals surface area contributed by atoms with Crippen molar-refractivity contribution in [2.75, 3.05) is 32.0 Å². The number of nitrogen functional groups attached to an aromatic ring is 1. The number of rotatable bonds is 8. The lowest BCUT2D eigenvalue weighted by molar-refractivity contribution is 0.00699. The summed E-state index contributed by atoms with van der Waals surface area (Å²) in [5, 5.41) is 25.8. The summed E-state index contributed by atoms with van der Waals surface area (Å²) in [6.45, 7) is 10.5. The minimum Gasteiger partial charge on any atom is -0.493 e. The van der Waals surface area contributed by atoms with Crippen LogP contribution >= 0.6 is 11.6 Å². The Balaban J connectivity index is 1.66. The number of nitrogens with two attached hydrogens (primary N) is 1. The number of aryl methyl sites for hydroxylation is 3. The van der Waals surface area contributed by atoms with Crippen LogP contribution < -0.4 is 10.5 Å². The molecule has 0 amide bonds. The number of nitrogens with zero attached hydrogens (tertiary/aromatic N) is 6. The van der Waals surface area contributed by atoms with Crippen molar-refractivity contribution in [1.29, 1.82) is 5.26 Å². The Morgan fingerprint density at radius 2 is 2.09 bits per heavy atom. The summed E-state index contributed by atoms with van der Waals surface area (Å²) in [6, 6.07) is 4.10. The molecule has 0 radical (unpaired) electrons. The first-order valence-corrected chi connectivity index (χ1v) is 11.8. The quantitative estimate of drug-likeness (QED) is 0.500. The monoisotopic (exact) mass is 483 g/mol. The Kier molecular flexibility index (Phi) is 6.67. The number of anilines is 1. The number of hydrogen-bond acceptors (Lipinski definition) is 8. The number of halogens is 1. The minimum atomic E-state index is -0.775. The second-order valence-electron chi connectivity index (χ2n) is 9.40. The van der Waals surface area contributed by atoms with Crippen LogP contribution in [0.25, 0.3) is 11.0 Å². The molecule has 4 rings (SSSR count). The lowest BCUT2D eigenvalue weighted by Crippen LogP contribution is -2.51. The van der Waals surface area contributed by atoms with Crippen molar-refractivity contribution in [3.8, 4) is 11.8 Å². The van der Waals surface area contributed by atoms with Gasteiger partial charge in [-0.25, -0.2) is 14.6 Å². The molecule has 1 aliphatic rings. The molecule has 3 aromatic rings. The van der Waals surface area contributed by atoms with E-state index in [0.717, 1.165) is 41.0 Å². The first-order valence-electron chi connectivity index (χ1n) is 11.4. The molecule has 10 heteroatoms. The number of ether oxygens (including phenoxy) is 1. The maximum absolute atomic E-state index is 10.1. The van der Waals surface area contributed by atoms with Crippen LogP contribution in [-0.2, 0) is 13.0 Å². The standard InChI is InChI=1S/C24H30ClN7O2/c1-5-34-21-15(6-7-32-23-19(14(2)30-32)22(27)28-13-29-23)8-18(25)17(9-26)20(21)16-10-31(11-16)12-24(3,4)33/h8,13,16,33H,5-7,10-12H2,1-4H3,(H2,27,28,29). The second-order valence-corrected chi connectivity index (χ2v) is 9.81. The van der Waals surface area contributed by atoms with E-state index in [0.29, 0.717) is 48.2 Å². The third-order valence-electron chi connectivity index (χ3n) is 6.05. The van der Waals surface area contributed by atoms with E-state index in [9.17, 15) is 10.4 Å². The Morgan fingerprint density at radius 1 is 1.35 bits per heavy atom. The SMILES string of the molecule is CCOc1c(CCn2nc(C)c3c(N)ncnc32)cc(Cl)c(C#N)c1C1CN(CC(C)(C)O)C1. The second kappa shape index (κ2) is 9.37. The first kappa shape index (κ1) is 24.2. The van der Waals surface area contributed by atoms with Crippen molar-refractivity contribution >= 4 is 28.5 Å². The summed E-state index contributed by atoms with van der Waals surface area (Å²) < 4.78 is 7.92. The number of nitriles is 1. The molecule has 0 unspecified atom stereocenters. The van der Waals surface area contributed by atoms with Gasteiger partial charge in [0.1, 0.15) is 24.0 Å². The van der Waals surface area contributed by atoms with Gasteiger partial charge in [-0.05, 0) is 45.7 Å². The van der Waals surface area contributed by atoms with Crippen molar-refractivity contribution in [3.63, 3.8) is 0 Å². The predicted octanol–water partition coefficient (Wildman–Crippen LogP) is 3.05. The largest absolute Gasteiger partial charge is 0.493 e. The molecule has 1 saturated heterocycles. The van der Waals surface area contributed by atoms with Crippen LogP contribution in [0.5, 0.6) is 5.75 Å². The highest BCUT2D eigenvalue weighted by Gasteiger charge is 2.36. The number of aromatic nitrogens is 4. The first-order chi connectivity index (χ1) is 16.1. The molecule has 0 aliphatic carbocycles. The molecule has 0 bridgehead atoms. The molecule has 3 N–H and O–H groups in total. The van der Waals surface area contributed by atoms with Gasteiger partial charge in [0.05, 0.1) is 33.9 Å². The Morgan fingerprint density at radius 3 is 2.74 bits per heavy atom. The van der Waals surface area contributed by atoms with Gasteiger partial charge in [-0.3, -0.25) is 4.90 Å². The molecule has 9 nitrogen and oxygen atoms in total. The molecule has 0 saturated carbocycles. The van der Waals surface area contributed by atoms with Crippen LogP contribution in [0, 0.1) is 18.3 Å². The molecule has 0 atom stereocenters. The average Bonchev–Trinajstić information content (AvgIpc) is 3.06. The molecule has 1 fully saturated rings. The molecule has 34 heavy (non-hydrogen) atoms. The van der Waals surface area contributed by atoms with Crippen molar-refractivity contribution in [2.24, 2.45) is 0 Å². The van der Waals surface area contributed by atoms with Gasteiger partial charge in [-0.1, -0.05) is 11.6 Å². The zero-order valence-corrected chi connectivity index (χ0v) is 20.7. The van der Waals surface area contributed by atoms with E-state index in [-0.39, 0.29) is 5.92 Å². The molecule has 1 aliphatic heterocycles. The zero-order valence-electron chi connectivity index (χ0n) is 20.0. The van der Waals surface area contributed by atoms with Gasteiger partial charge in [-0.15, -0.1) is 0 Å². The molecule has 0 spiro atoms. The van der Waals surface area contributed by atoms with Crippen LogP contribution in [0.3, 0.4) is 0 Å². The van der Waals surface area contributed by atoms with E-state index < -0.39 is 5.60 Å². The van der Waals surface area contributed by atoms with Crippen LogP contribution in [-0.4, -0.2) is 61.6 Å². The van der Waals surface area contributed by atoms with Crippen LogP contribution in [0.4, 0.5) is 5.82 Å².